The molecule has 0 N–H and O–H groups in total. The van der Waals surface area contributed by atoms with Crippen molar-refractivity contribution in [3.05, 3.63) is 35.5 Å². The van der Waals surface area contributed by atoms with Gasteiger partial charge in [-0.2, -0.15) is 0 Å². The number of nitrogens with zero attached hydrogens (tertiary/aromatic N) is 1. The number of hydrogen-bond acceptors (Lipinski definition) is 3. The van der Waals surface area contributed by atoms with Crippen molar-refractivity contribution in [3.8, 4) is 10.4 Å². The summed E-state index contributed by atoms with van der Waals surface area (Å²) in [5.74, 6) is 0. The lowest BCUT2D eigenvalue weighted by molar-refractivity contribution is 1.26. The fraction of sp³-hybridized carbons (Fsp3) is 0.100. The number of rotatable bonds is 2. The summed E-state index contributed by atoms with van der Waals surface area (Å²) in [7, 11) is 0. The Bertz CT molecular complexity index is 422. The molecule has 0 saturated heterocycles. The molecule has 14 heavy (non-hydrogen) atoms. The summed E-state index contributed by atoms with van der Waals surface area (Å²) in [6.45, 7) is 0. The third-order valence-corrected chi connectivity index (χ3v) is 4.09. The Morgan fingerprint density at radius 3 is 2.57 bits per heavy atom. The lowest BCUT2D eigenvalue weighted by atomic mass is 10.2. The van der Waals surface area contributed by atoms with Crippen LogP contribution in [0.5, 0.6) is 0 Å². The molecular formula is C10H8ClNS2. The average Bonchev–Trinajstić information content (AvgIpc) is 2.67. The summed E-state index contributed by atoms with van der Waals surface area (Å²) in [6.07, 6.45) is 3.93. The molecular weight excluding hydrogens is 234 g/mol. The minimum atomic E-state index is 0.767. The van der Waals surface area contributed by atoms with Crippen molar-refractivity contribution in [3.63, 3.8) is 0 Å². The smallest absolute Gasteiger partial charge is 0.150 e. The molecule has 72 valence electrons. The van der Waals surface area contributed by atoms with Gasteiger partial charge < -0.3 is 0 Å². The molecule has 0 aliphatic carbocycles. The summed E-state index contributed by atoms with van der Waals surface area (Å²) in [5, 5.41) is 0.767. The maximum absolute atomic E-state index is 5.82. The van der Waals surface area contributed by atoms with Crippen molar-refractivity contribution in [2.45, 2.75) is 4.34 Å². The van der Waals surface area contributed by atoms with Crippen LogP contribution in [-0.2, 0) is 0 Å². The normalized spacial score (nSPS) is 10.4. The Labute approximate surface area is 96.1 Å². The second kappa shape index (κ2) is 4.34. The molecule has 0 aliphatic rings. The second-order valence-electron chi connectivity index (χ2n) is 2.70. The van der Waals surface area contributed by atoms with Crippen LogP contribution in [0.2, 0.25) is 5.02 Å². The quantitative estimate of drug-likeness (QED) is 0.732. The van der Waals surface area contributed by atoms with Crippen molar-refractivity contribution in [2.75, 3.05) is 6.26 Å². The third-order valence-electron chi connectivity index (χ3n) is 1.79. The minimum absolute atomic E-state index is 0.767. The molecule has 2 rings (SSSR count). The Morgan fingerprint density at radius 1 is 1.29 bits per heavy atom. The topological polar surface area (TPSA) is 12.9 Å². The average molecular weight is 242 g/mol. The predicted octanol–water partition coefficient (Wildman–Crippen LogP) is 4.19. The van der Waals surface area contributed by atoms with Crippen LogP contribution in [0.1, 0.15) is 0 Å². The highest BCUT2D eigenvalue weighted by Gasteiger charge is 2.02. The molecule has 0 saturated carbocycles. The number of thiazole rings is 1. The first-order valence-corrected chi connectivity index (χ1v) is 6.47. The molecule has 4 heteroatoms. The van der Waals surface area contributed by atoms with E-state index in [1.54, 1.807) is 23.1 Å². The molecule has 0 aliphatic heterocycles. The molecule has 0 atom stereocenters. The van der Waals surface area contributed by atoms with E-state index < -0.39 is 0 Å². The van der Waals surface area contributed by atoms with Gasteiger partial charge in [0.1, 0.15) is 4.34 Å². The van der Waals surface area contributed by atoms with Crippen LogP contribution in [0.25, 0.3) is 10.4 Å². The zero-order chi connectivity index (χ0) is 9.97. The van der Waals surface area contributed by atoms with Gasteiger partial charge in [-0.1, -0.05) is 35.5 Å². The van der Waals surface area contributed by atoms with E-state index in [0.29, 0.717) is 0 Å². The van der Waals surface area contributed by atoms with Gasteiger partial charge in [-0.05, 0) is 24.0 Å². The van der Waals surface area contributed by atoms with E-state index in [4.69, 9.17) is 11.6 Å². The molecule has 0 amide bonds. The van der Waals surface area contributed by atoms with Gasteiger partial charge in [-0.25, -0.2) is 4.98 Å². The zero-order valence-electron chi connectivity index (χ0n) is 7.53. The van der Waals surface area contributed by atoms with Gasteiger partial charge in [0.15, 0.2) is 0 Å². The van der Waals surface area contributed by atoms with Gasteiger partial charge in [0.05, 0.1) is 4.88 Å². The number of halogens is 1. The Kier molecular flexibility index (Phi) is 3.11. The standard InChI is InChI=1S/C10H8ClNS2/c1-13-10-12-6-9(14-10)7-2-4-8(11)5-3-7/h2-6H,1H3. The molecule has 1 aromatic carbocycles. The molecule has 1 nitrogen and oxygen atoms in total. The highest BCUT2D eigenvalue weighted by molar-refractivity contribution is 8.00. The lowest BCUT2D eigenvalue weighted by Gasteiger charge is -1.95. The van der Waals surface area contributed by atoms with Crippen molar-refractivity contribution >= 4 is 34.7 Å². The van der Waals surface area contributed by atoms with Crippen LogP contribution < -0.4 is 0 Å². The van der Waals surface area contributed by atoms with Crippen LogP contribution in [-0.4, -0.2) is 11.2 Å². The molecule has 0 spiro atoms. The zero-order valence-corrected chi connectivity index (χ0v) is 9.92. The van der Waals surface area contributed by atoms with Gasteiger partial charge in [-0.3, -0.25) is 0 Å². The number of benzene rings is 1. The van der Waals surface area contributed by atoms with Crippen LogP contribution in [0, 0.1) is 0 Å². The monoisotopic (exact) mass is 241 g/mol. The Morgan fingerprint density at radius 2 is 2.00 bits per heavy atom. The van der Waals surface area contributed by atoms with E-state index in [-0.39, 0.29) is 0 Å². The summed E-state index contributed by atoms with van der Waals surface area (Å²) in [6, 6.07) is 7.82. The summed E-state index contributed by atoms with van der Waals surface area (Å²) >= 11 is 9.18. The van der Waals surface area contributed by atoms with Crippen LogP contribution in [0.15, 0.2) is 34.8 Å². The van der Waals surface area contributed by atoms with Crippen molar-refractivity contribution in [2.24, 2.45) is 0 Å². The first kappa shape index (κ1) is 10.0. The number of aromatic nitrogens is 1. The van der Waals surface area contributed by atoms with E-state index in [1.807, 2.05) is 36.7 Å². The molecule has 2 aromatic rings. The maximum Gasteiger partial charge on any atom is 0.150 e. The van der Waals surface area contributed by atoms with Crippen molar-refractivity contribution in [1.29, 1.82) is 0 Å². The largest absolute Gasteiger partial charge is 0.237 e. The van der Waals surface area contributed by atoms with E-state index in [0.717, 1.165) is 9.36 Å². The van der Waals surface area contributed by atoms with E-state index in [9.17, 15) is 0 Å². The number of hydrogen-bond donors (Lipinski definition) is 0. The van der Waals surface area contributed by atoms with E-state index >= 15 is 0 Å². The third kappa shape index (κ3) is 2.11. The molecule has 0 bridgehead atoms. The minimum Gasteiger partial charge on any atom is -0.237 e. The highest BCUT2D eigenvalue weighted by Crippen LogP contribution is 2.30. The summed E-state index contributed by atoms with van der Waals surface area (Å²) < 4.78 is 1.09. The Balaban J connectivity index is 2.34. The van der Waals surface area contributed by atoms with Gasteiger partial charge in [0.25, 0.3) is 0 Å². The van der Waals surface area contributed by atoms with Gasteiger partial charge >= 0.3 is 0 Å². The fourth-order valence-corrected chi connectivity index (χ4v) is 2.64. The highest BCUT2D eigenvalue weighted by atomic mass is 35.5. The summed E-state index contributed by atoms with van der Waals surface area (Å²) in [4.78, 5) is 5.47. The van der Waals surface area contributed by atoms with E-state index in [2.05, 4.69) is 4.98 Å². The fourth-order valence-electron chi connectivity index (χ4n) is 1.10. The molecule has 0 radical (unpaired) electrons. The van der Waals surface area contributed by atoms with Crippen LogP contribution in [0.3, 0.4) is 0 Å². The molecule has 0 unspecified atom stereocenters. The van der Waals surface area contributed by atoms with Crippen LogP contribution >= 0.6 is 34.7 Å². The second-order valence-corrected chi connectivity index (χ2v) is 5.22. The predicted molar refractivity (Wildman–Crippen MR) is 64.3 cm³/mol. The maximum atomic E-state index is 5.82. The molecule has 0 fully saturated rings. The van der Waals surface area contributed by atoms with Gasteiger partial charge in [0, 0.05) is 11.2 Å². The lowest BCUT2D eigenvalue weighted by Crippen LogP contribution is -1.70. The van der Waals surface area contributed by atoms with Gasteiger partial charge in [-0.15, -0.1) is 11.3 Å². The SMILES string of the molecule is CSc1ncc(-c2ccc(Cl)cc2)s1. The van der Waals surface area contributed by atoms with E-state index in [1.165, 1.54) is 10.4 Å². The number of thioether (sulfide) groups is 1. The van der Waals surface area contributed by atoms with Crippen LogP contribution in [0.4, 0.5) is 0 Å². The first-order chi connectivity index (χ1) is 6.79. The van der Waals surface area contributed by atoms with Gasteiger partial charge in [0.2, 0.25) is 0 Å². The summed E-state index contributed by atoms with van der Waals surface area (Å²) in [5.41, 5.74) is 1.17. The molecule has 1 heterocycles. The van der Waals surface area contributed by atoms with Crippen molar-refractivity contribution < 1.29 is 0 Å². The van der Waals surface area contributed by atoms with Crippen molar-refractivity contribution in [1.82, 2.24) is 4.98 Å². The Hall–Kier alpha value is -0.510. The first-order valence-electron chi connectivity index (χ1n) is 4.05. The molecule has 1 aromatic heterocycles.